The molecule has 1 fully saturated rings. The highest BCUT2D eigenvalue weighted by Gasteiger charge is 2.27. The van der Waals surface area contributed by atoms with E-state index in [0.717, 1.165) is 32.1 Å². The normalized spacial score (nSPS) is 24.3. The summed E-state index contributed by atoms with van der Waals surface area (Å²) in [5.41, 5.74) is 0.508. The Morgan fingerprint density at radius 2 is 2.21 bits per heavy atom. The van der Waals surface area contributed by atoms with E-state index in [1.807, 2.05) is 7.05 Å². The molecule has 0 aliphatic heterocycles. The first-order valence-corrected chi connectivity index (χ1v) is 6.70. The molecular formula is C14H21FN2O2. The average Bonchev–Trinajstić information content (AvgIpc) is 2.35. The molecule has 2 N–H and O–H groups in total. The summed E-state index contributed by atoms with van der Waals surface area (Å²) in [5.74, 6) is 0.178. The van der Waals surface area contributed by atoms with Crippen LogP contribution in [0.3, 0.4) is 0 Å². The fourth-order valence-electron chi connectivity index (χ4n) is 2.46. The van der Waals surface area contributed by atoms with Crippen molar-refractivity contribution in [3.63, 3.8) is 0 Å². The lowest BCUT2D eigenvalue weighted by molar-refractivity contribution is 0.0261. The van der Waals surface area contributed by atoms with Crippen LogP contribution < -0.4 is 0 Å². The molecule has 0 amide bonds. The van der Waals surface area contributed by atoms with E-state index in [2.05, 4.69) is 9.88 Å². The molecule has 0 bridgehead atoms. The zero-order chi connectivity index (χ0) is 13.8. The molecule has 2 rings (SSSR count). The van der Waals surface area contributed by atoms with Crippen LogP contribution in [0.25, 0.3) is 0 Å². The number of hydrogen-bond acceptors (Lipinski definition) is 4. The van der Waals surface area contributed by atoms with Crippen molar-refractivity contribution in [1.29, 1.82) is 0 Å². The highest BCUT2D eigenvalue weighted by Crippen LogP contribution is 2.27. The minimum Gasteiger partial charge on any atom is -0.393 e. The van der Waals surface area contributed by atoms with Gasteiger partial charge in [0.2, 0.25) is 0 Å². The molecule has 1 atom stereocenters. The first kappa shape index (κ1) is 14.4. The van der Waals surface area contributed by atoms with Crippen molar-refractivity contribution in [2.24, 2.45) is 5.92 Å². The Labute approximate surface area is 112 Å². The maximum Gasteiger partial charge on any atom is 0.141 e. The van der Waals surface area contributed by atoms with Crippen LogP contribution in [0.4, 0.5) is 4.39 Å². The van der Waals surface area contributed by atoms with Crippen molar-refractivity contribution in [3.05, 3.63) is 29.8 Å². The topological polar surface area (TPSA) is 56.6 Å². The summed E-state index contributed by atoms with van der Waals surface area (Å²) in [4.78, 5) is 6.03. The molecule has 1 heterocycles. The number of nitrogens with zero attached hydrogens (tertiary/aromatic N) is 2. The van der Waals surface area contributed by atoms with E-state index in [0.29, 0.717) is 18.0 Å². The Kier molecular flexibility index (Phi) is 4.85. The molecule has 0 radical (unpaired) electrons. The maximum absolute atomic E-state index is 12.7. The molecule has 1 saturated carbocycles. The Morgan fingerprint density at radius 3 is 2.79 bits per heavy atom. The number of aliphatic hydroxyl groups is 2. The van der Waals surface area contributed by atoms with Crippen LogP contribution in [-0.4, -0.2) is 46.3 Å². The SMILES string of the molecule is CN(CCC(O)c1ccc(F)cn1)CC1CC(O)C1. The lowest BCUT2D eigenvalue weighted by atomic mass is 9.82. The standard InChI is InChI=1S/C14H21FN2O2/c1-17(9-10-6-12(18)7-10)5-4-14(19)13-3-2-11(15)8-16-13/h2-3,8,10,12,14,18-19H,4-7,9H2,1H3. The molecule has 0 saturated heterocycles. The van der Waals surface area contributed by atoms with Gasteiger partial charge in [0.25, 0.3) is 0 Å². The lowest BCUT2D eigenvalue weighted by Gasteiger charge is -2.34. The van der Waals surface area contributed by atoms with Gasteiger partial charge in [0.1, 0.15) is 5.82 Å². The van der Waals surface area contributed by atoms with Crippen LogP contribution in [0.1, 0.15) is 31.1 Å². The quantitative estimate of drug-likeness (QED) is 0.817. The van der Waals surface area contributed by atoms with Gasteiger partial charge in [0.05, 0.1) is 24.1 Å². The summed E-state index contributed by atoms with van der Waals surface area (Å²) >= 11 is 0. The Balaban J connectivity index is 1.70. The lowest BCUT2D eigenvalue weighted by Crippen LogP contribution is -2.37. The van der Waals surface area contributed by atoms with Gasteiger partial charge < -0.3 is 15.1 Å². The second-order valence-corrected chi connectivity index (χ2v) is 5.46. The van der Waals surface area contributed by atoms with Crippen molar-refractivity contribution in [1.82, 2.24) is 9.88 Å². The van der Waals surface area contributed by atoms with Crippen molar-refractivity contribution >= 4 is 0 Å². The predicted molar refractivity (Wildman–Crippen MR) is 70.0 cm³/mol. The average molecular weight is 268 g/mol. The van der Waals surface area contributed by atoms with Gasteiger partial charge in [-0.15, -0.1) is 0 Å². The molecule has 0 spiro atoms. The van der Waals surface area contributed by atoms with Gasteiger partial charge in [-0.05, 0) is 44.4 Å². The van der Waals surface area contributed by atoms with Crippen molar-refractivity contribution in [2.75, 3.05) is 20.1 Å². The summed E-state index contributed by atoms with van der Waals surface area (Å²) < 4.78 is 12.7. The molecule has 1 unspecified atom stereocenters. The third-order valence-electron chi connectivity index (χ3n) is 3.66. The minimum absolute atomic E-state index is 0.118. The first-order valence-electron chi connectivity index (χ1n) is 6.70. The van der Waals surface area contributed by atoms with E-state index in [1.54, 1.807) is 0 Å². The molecule has 1 aliphatic carbocycles. The van der Waals surface area contributed by atoms with Gasteiger partial charge in [0.15, 0.2) is 0 Å². The van der Waals surface area contributed by atoms with Gasteiger partial charge in [-0.25, -0.2) is 4.39 Å². The summed E-state index contributed by atoms with van der Waals surface area (Å²) in [5, 5.41) is 19.2. The van der Waals surface area contributed by atoms with E-state index in [9.17, 15) is 14.6 Å². The summed E-state index contributed by atoms with van der Waals surface area (Å²) in [7, 11) is 2.01. The number of aliphatic hydroxyl groups excluding tert-OH is 2. The monoisotopic (exact) mass is 268 g/mol. The first-order chi connectivity index (χ1) is 9.04. The van der Waals surface area contributed by atoms with E-state index in [-0.39, 0.29) is 6.10 Å². The smallest absolute Gasteiger partial charge is 0.141 e. The molecule has 19 heavy (non-hydrogen) atoms. The molecular weight excluding hydrogens is 247 g/mol. The van der Waals surface area contributed by atoms with Gasteiger partial charge >= 0.3 is 0 Å². The van der Waals surface area contributed by atoms with Gasteiger partial charge in [0, 0.05) is 13.1 Å². The van der Waals surface area contributed by atoms with E-state index >= 15 is 0 Å². The highest BCUT2D eigenvalue weighted by molar-refractivity contribution is 5.07. The molecule has 1 aromatic rings. The second kappa shape index (κ2) is 6.41. The molecule has 106 valence electrons. The summed E-state index contributed by atoms with van der Waals surface area (Å²) in [6.45, 7) is 1.70. The molecule has 5 heteroatoms. The van der Waals surface area contributed by atoms with Crippen LogP contribution in [0.15, 0.2) is 18.3 Å². The van der Waals surface area contributed by atoms with Crippen molar-refractivity contribution in [3.8, 4) is 0 Å². The highest BCUT2D eigenvalue weighted by atomic mass is 19.1. The second-order valence-electron chi connectivity index (χ2n) is 5.46. The predicted octanol–water partition coefficient (Wildman–Crippen LogP) is 1.35. The number of halogens is 1. The largest absolute Gasteiger partial charge is 0.393 e. The number of hydrogen-bond donors (Lipinski definition) is 2. The van der Waals surface area contributed by atoms with Crippen molar-refractivity contribution in [2.45, 2.75) is 31.5 Å². The van der Waals surface area contributed by atoms with E-state index in [1.165, 1.54) is 12.1 Å². The van der Waals surface area contributed by atoms with Crippen LogP contribution in [0.2, 0.25) is 0 Å². The van der Waals surface area contributed by atoms with E-state index in [4.69, 9.17) is 0 Å². The number of pyridine rings is 1. The third-order valence-corrected chi connectivity index (χ3v) is 3.66. The zero-order valence-electron chi connectivity index (χ0n) is 11.2. The summed E-state index contributed by atoms with van der Waals surface area (Å²) in [6.07, 6.45) is 2.68. The number of rotatable bonds is 6. The fraction of sp³-hybridized carbons (Fsp3) is 0.643. The molecule has 1 aromatic heterocycles. The third kappa shape index (κ3) is 4.23. The van der Waals surface area contributed by atoms with Crippen LogP contribution in [0.5, 0.6) is 0 Å². The fourth-order valence-corrected chi connectivity index (χ4v) is 2.46. The Morgan fingerprint density at radius 1 is 1.47 bits per heavy atom. The molecule has 1 aliphatic rings. The zero-order valence-corrected chi connectivity index (χ0v) is 11.2. The Hall–Kier alpha value is -1.04. The molecule has 0 aromatic carbocycles. The number of aromatic nitrogens is 1. The minimum atomic E-state index is -0.657. The van der Waals surface area contributed by atoms with Crippen LogP contribution in [0, 0.1) is 11.7 Å². The van der Waals surface area contributed by atoms with Crippen LogP contribution in [-0.2, 0) is 0 Å². The van der Waals surface area contributed by atoms with Crippen molar-refractivity contribution < 1.29 is 14.6 Å². The van der Waals surface area contributed by atoms with E-state index < -0.39 is 11.9 Å². The molecule has 4 nitrogen and oxygen atoms in total. The van der Waals surface area contributed by atoms with Crippen LogP contribution >= 0.6 is 0 Å². The van der Waals surface area contributed by atoms with Gasteiger partial charge in [-0.2, -0.15) is 0 Å². The Bertz CT molecular complexity index is 393. The summed E-state index contributed by atoms with van der Waals surface area (Å²) in [6, 6.07) is 2.83. The van der Waals surface area contributed by atoms with Gasteiger partial charge in [-0.1, -0.05) is 0 Å². The maximum atomic E-state index is 12.7. The van der Waals surface area contributed by atoms with Gasteiger partial charge in [-0.3, -0.25) is 4.98 Å².